The summed E-state index contributed by atoms with van der Waals surface area (Å²) in [6.07, 6.45) is 27.6. The fraction of sp³-hybridized carbons (Fsp3) is 0.217. The van der Waals surface area contributed by atoms with Crippen molar-refractivity contribution in [2.24, 2.45) is 0 Å². The molecule has 0 aromatic heterocycles. The van der Waals surface area contributed by atoms with E-state index in [9.17, 15) is 0 Å². The average molecular weight is 595 g/mol. The van der Waals surface area contributed by atoms with Crippen LogP contribution < -0.4 is 0 Å². The normalized spacial score (nSPS) is 19.3. The largest absolute Gasteiger partial charge is 0.0842 e. The van der Waals surface area contributed by atoms with Crippen molar-refractivity contribution >= 4 is 11.1 Å². The third-order valence-electron chi connectivity index (χ3n) is 10.6. The van der Waals surface area contributed by atoms with Gasteiger partial charge in [-0.15, -0.1) is 0 Å². The zero-order chi connectivity index (χ0) is 31.1. The second-order valence-electron chi connectivity index (χ2n) is 13.9. The van der Waals surface area contributed by atoms with E-state index in [1.54, 1.807) is 0 Å². The molecule has 4 aromatic rings. The molecule has 0 nitrogen and oxygen atoms in total. The van der Waals surface area contributed by atoms with Crippen LogP contribution in [0.2, 0.25) is 0 Å². The fourth-order valence-corrected chi connectivity index (χ4v) is 8.07. The predicted molar refractivity (Wildman–Crippen MR) is 197 cm³/mol. The predicted octanol–water partition coefficient (Wildman–Crippen LogP) is 12.3. The van der Waals surface area contributed by atoms with Gasteiger partial charge in [-0.1, -0.05) is 147 Å². The van der Waals surface area contributed by atoms with Crippen LogP contribution in [-0.4, -0.2) is 0 Å². The molecule has 0 saturated carbocycles. The van der Waals surface area contributed by atoms with Gasteiger partial charge in [-0.25, -0.2) is 0 Å². The van der Waals surface area contributed by atoms with Crippen LogP contribution in [0.5, 0.6) is 0 Å². The summed E-state index contributed by atoms with van der Waals surface area (Å²) in [6.45, 7) is 4.88. The highest BCUT2D eigenvalue weighted by Gasteiger charge is 2.40. The van der Waals surface area contributed by atoms with E-state index in [0.29, 0.717) is 5.92 Å². The molecule has 4 aliphatic rings. The molecule has 46 heavy (non-hydrogen) atoms. The first-order chi connectivity index (χ1) is 22.6. The van der Waals surface area contributed by atoms with Gasteiger partial charge in [-0.05, 0) is 117 Å². The number of fused-ring (bicyclic) bond motifs is 3. The topological polar surface area (TPSA) is 0 Å². The second kappa shape index (κ2) is 11.9. The van der Waals surface area contributed by atoms with Crippen molar-refractivity contribution < 1.29 is 0 Å². The first kappa shape index (κ1) is 28.8. The van der Waals surface area contributed by atoms with E-state index in [1.165, 1.54) is 72.4 Å². The molecule has 0 heterocycles. The lowest BCUT2D eigenvalue weighted by atomic mass is 9.76. The monoisotopic (exact) mass is 594 g/mol. The molecule has 4 aliphatic carbocycles. The molecular formula is C46H42. The number of benzene rings is 4. The van der Waals surface area contributed by atoms with Crippen LogP contribution in [0.15, 0.2) is 145 Å². The van der Waals surface area contributed by atoms with Gasteiger partial charge in [-0.2, -0.15) is 0 Å². The van der Waals surface area contributed by atoms with Crippen LogP contribution in [0.4, 0.5) is 0 Å². The van der Waals surface area contributed by atoms with Gasteiger partial charge in [0, 0.05) is 11.3 Å². The van der Waals surface area contributed by atoms with Crippen molar-refractivity contribution in [1.29, 1.82) is 0 Å². The smallest absolute Gasteiger partial charge is 0.0165 e. The molecule has 0 aliphatic heterocycles. The van der Waals surface area contributed by atoms with Crippen LogP contribution in [0.1, 0.15) is 85.3 Å². The van der Waals surface area contributed by atoms with Crippen LogP contribution in [0, 0.1) is 0 Å². The van der Waals surface area contributed by atoms with Crippen molar-refractivity contribution in [2.45, 2.75) is 63.7 Å². The van der Waals surface area contributed by atoms with Gasteiger partial charge < -0.3 is 0 Å². The molecule has 0 heteroatoms. The van der Waals surface area contributed by atoms with E-state index in [-0.39, 0.29) is 5.41 Å². The molecule has 4 aromatic carbocycles. The van der Waals surface area contributed by atoms with Gasteiger partial charge in [0.15, 0.2) is 0 Å². The summed E-state index contributed by atoms with van der Waals surface area (Å²) in [5, 5.41) is 0. The van der Waals surface area contributed by atoms with E-state index < -0.39 is 0 Å². The highest BCUT2D eigenvalue weighted by Crippen LogP contribution is 2.55. The summed E-state index contributed by atoms with van der Waals surface area (Å²) in [7, 11) is 0. The number of hydrogen-bond donors (Lipinski definition) is 0. The third-order valence-corrected chi connectivity index (χ3v) is 10.6. The summed E-state index contributed by atoms with van der Waals surface area (Å²) in [5.41, 5.74) is 18.1. The molecule has 226 valence electrons. The van der Waals surface area contributed by atoms with Crippen molar-refractivity contribution in [3.8, 4) is 22.3 Å². The van der Waals surface area contributed by atoms with Gasteiger partial charge in [0.05, 0.1) is 0 Å². The minimum atomic E-state index is -0.0967. The highest BCUT2D eigenvalue weighted by molar-refractivity contribution is 5.96. The van der Waals surface area contributed by atoms with Gasteiger partial charge in [0.1, 0.15) is 0 Å². The summed E-state index contributed by atoms with van der Waals surface area (Å²) >= 11 is 0. The van der Waals surface area contributed by atoms with Gasteiger partial charge >= 0.3 is 0 Å². The molecule has 0 spiro atoms. The van der Waals surface area contributed by atoms with Crippen LogP contribution in [-0.2, 0) is 11.8 Å². The Morgan fingerprint density at radius 3 is 2.26 bits per heavy atom. The minimum Gasteiger partial charge on any atom is -0.0842 e. The highest BCUT2D eigenvalue weighted by atomic mass is 14.4. The van der Waals surface area contributed by atoms with Crippen LogP contribution in [0.25, 0.3) is 33.4 Å². The second-order valence-corrected chi connectivity index (χ2v) is 13.9. The Labute approximate surface area is 274 Å². The number of allylic oxidation sites excluding steroid dienone is 12. The molecule has 1 atom stereocenters. The molecule has 1 unspecified atom stereocenters. The van der Waals surface area contributed by atoms with Crippen molar-refractivity contribution in [2.75, 3.05) is 0 Å². The van der Waals surface area contributed by atoms with E-state index in [4.69, 9.17) is 0 Å². The maximum absolute atomic E-state index is 2.48. The SMILES string of the molecule is CC1(C)c2cc(-c3ccc(CC4=CCC(c5ccccc5)C=C4)cc3)ccc2-c2c(C3=CC=CCC3)ccc(C3=CCCC=C3)c21. The van der Waals surface area contributed by atoms with Crippen molar-refractivity contribution in [3.05, 3.63) is 179 Å². The summed E-state index contributed by atoms with van der Waals surface area (Å²) in [6, 6.07) is 32.2. The van der Waals surface area contributed by atoms with E-state index >= 15 is 0 Å². The molecule has 0 radical (unpaired) electrons. The van der Waals surface area contributed by atoms with Gasteiger partial charge in [0.25, 0.3) is 0 Å². The average Bonchev–Trinajstić information content (AvgIpc) is 3.36. The fourth-order valence-electron chi connectivity index (χ4n) is 8.07. The molecule has 0 saturated heterocycles. The maximum Gasteiger partial charge on any atom is 0.0165 e. The molecule has 0 amide bonds. The minimum absolute atomic E-state index is 0.0967. The quantitative estimate of drug-likeness (QED) is 0.208. The molecule has 0 N–H and O–H groups in total. The first-order valence-corrected chi connectivity index (χ1v) is 17.1. The Hall–Kier alpha value is -4.68. The Morgan fingerprint density at radius 2 is 1.52 bits per heavy atom. The summed E-state index contributed by atoms with van der Waals surface area (Å²) in [5.74, 6) is 0.488. The molecule has 0 bridgehead atoms. The van der Waals surface area contributed by atoms with Crippen molar-refractivity contribution in [3.63, 3.8) is 0 Å². The molecule has 0 fully saturated rings. The zero-order valence-electron chi connectivity index (χ0n) is 27.1. The van der Waals surface area contributed by atoms with E-state index in [2.05, 4.69) is 153 Å². The Morgan fingerprint density at radius 1 is 0.717 bits per heavy atom. The molecular weight excluding hydrogens is 553 g/mol. The maximum atomic E-state index is 2.48. The standard InChI is InChI=1S/C46H42/c1-46(2)43-31-39(36-24-20-33(21-25-36)30-32-18-22-35(23-19-32)34-12-6-3-7-13-34)26-27-42(43)44-40(37-14-8-4-9-15-37)28-29-41(45(44)46)38-16-10-5-11-17-38/h3-4,6-8,10,12-14,16-22,24-29,31,35H,5,9,11,15,23,30H2,1-2H3. The van der Waals surface area contributed by atoms with Gasteiger partial charge in [-0.3, -0.25) is 0 Å². The number of hydrogen-bond acceptors (Lipinski definition) is 0. The summed E-state index contributed by atoms with van der Waals surface area (Å²) < 4.78 is 0. The number of rotatable bonds is 6. The summed E-state index contributed by atoms with van der Waals surface area (Å²) in [4.78, 5) is 0. The Bertz CT molecular complexity index is 1980. The zero-order valence-corrected chi connectivity index (χ0v) is 27.1. The Balaban J connectivity index is 1.10. The first-order valence-electron chi connectivity index (χ1n) is 17.1. The lowest BCUT2D eigenvalue weighted by Crippen LogP contribution is -2.17. The van der Waals surface area contributed by atoms with E-state index in [1.807, 2.05) is 0 Å². The van der Waals surface area contributed by atoms with Crippen molar-refractivity contribution in [1.82, 2.24) is 0 Å². The Kier molecular flexibility index (Phi) is 7.45. The third kappa shape index (κ3) is 5.21. The lowest BCUT2D eigenvalue weighted by Gasteiger charge is -2.27. The van der Waals surface area contributed by atoms with Crippen LogP contribution >= 0.6 is 0 Å². The van der Waals surface area contributed by atoms with E-state index in [0.717, 1.165) is 38.5 Å². The lowest BCUT2D eigenvalue weighted by molar-refractivity contribution is 0.658. The van der Waals surface area contributed by atoms with Crippen LogP contribution in [0.3, 0.4) is 0 Å². The van der Waals surface area contributed by atoms with Gasteiger partial charge in [0.2, 0.25) is 0 Å². The molecule has 8 rings (SSSR count).